The maximum absolute atomic E-state index is 13.0. The van der Waals surface area contributed by atoms with Crippen LogP contribution >= 0.6 is 0 Å². The van der Waals surface area contributed by atoms with Crippen LogP contribution in [0, 0.1) is 0 Å². The number of amides is 1. The lowest BCUT2D eigenvalue weighted by Gasteiger charge is -2.17. The number of hydrogen-bond donors (Lipinski definition) is 1. The molecule has 26 heavy (non-hydrogen) atoms. The van der Waals surface area contributed by atoms with Crippen molar-refractivity contribution in [2.45, 2.75) is 19.4 Å². The van der Waals surface area contributed by atoms with Crippen molar-refractivity contribution in [1.29, 1.82) is 0 Å². The molecular weight excluding hydrogens is 326 g/mol. The van der Waals surface area contributed by atoms with E-state index in [-0.39, 0.29) is 5.91 Å². The summed E-state index contributed by atoms with van der Waals surface area (Å²) in [6.45, 7) is 2.21. The predicted octanol–water partition coefficient (Wildman–Crippen LogP) is 3.38. The van der Waals surface area contributed by atoms with Crippen LogP contribution in [0.5, 0.6) is 0 Å². The van der Waals surface area contributed by atoms with Gasteiger partial charge in [-0.1, -0.05) is 48.5 Å². The molecule has 5 nitrogen and oxygen atoms in total. The molecule has 3 rings (SSSR count). The SMILES string of the molecule is CC(O)CCN(C)C(=O)c1cn(-c2ccccc2)nc1-c1ccccc1. The second-order valence-corrected chi connectivity index (χ2v) is 6.40. The molecule has 1 amide bonds. The van der Waals surface area contributed by atoms with E-state index in [0.717, 1.165) is 11.3 Å². The zero-order valence-electron chi connectivity index (χ0n) is 15.0. The number of rotatable bonds is 6. The number of hydrogen-bond acceptors (Lipinski definition) is 3. The minimum atomic E-state index is -0.439. The van der Waals surface area contributed by atoms with Crippen LogP contribution < -0.4 is 0 Å². The van der Waals surface area contributed by atoms with Gasteiger partial charge in [0.1, 0.15) is 5.69 Å². The lowest BCUT2D eigenvalue weighted by Crippen LogP contribution is -2.29. The van der Waals surface area contributed by atoms with Gasteiger partial charge in [-0.3, -0.25) is 4.79 Å². The molecule has 1 atom stereocenters. The smallest absolute Gasteiger partial charge is 0.257 e. The summed E-state index contributed by atoms with van der Waals surface area (Å²) in [6.07, 6.45) is 1.88. The molecule has 134 valence electrons. The van der Waals surface area contributed by atoms with Crippen molar-refractivity contribution in [1.82, 2.24) is 14.7 Å². The molecule has 0 radical (unpaired) electrons. The molecule has 0 aliphatic heterocycles. The first-order valence-corrected chi connectivity index (χ1v) is 8.70. The van der Waals surface area contributed by atoms with Gasteiger partial charge in [0.15, 0.2) is 0 Å². The van der Waals surface area contributed by atoms with Crippen molar-refractivity contribution in [3.63, 3.8) is 0 Å². The van der Waals surface area contributed by atoms with E-state index in [1.807, 2.05) is 60.7 Å². The summed E-state index contributed by atoms with van der Waals surface area (Å²) < 4.78 is 1.73. The Hall–Kier alpha value is -2.92. The molecule has 0 saturated heterocycles. The molecule has 3 aromatic rings. The van der Waals surface area contributed by atoms with Gasteiger partial charge >= 0.3 is 0 Å². The third-order valence-corrected chi connectivity index (χ3v) is 4.24. The second kappa shape index (κ2) is 7.97. The molecule has 0 aliphatic rings. The average Bonchev–Trinajstić information content (AvgIpc) is 3.12. The summed E-state index contributed by atoms with van der Waals surface area (Å²) >= 11 is 0. The summed E-state index contributed by atoms with van der Waals surface area (Å²) in [5, 5.41) is 14.2. The molecule has 1 aromatic heterocycles. The third-order valence-electron chi connectivity index (χ3n) is 4.24. The van der Waals surface area contributed by atoms with E-state index in [0.29, 0.717) is 24.2 Å². The Morgan fingerprint density at radius 3 is 2.35 bits per heavy atom. The Morgan fingerprint density at radius 1 is 1.12 bits per heavy atom. The molecule has 0 aliphatic carbocycles. The molecule has 1 N–H and O–H groups in total. The van der Waals surface area contributed by atoms with Gasteiger partial charge in [-0.15, -0.1) is 0 Å². The van der Waals surface area contributed by atoms with Gasteiger partial charge in [0.2, 0.25) is 0 Å². The van der Waals surface area contributed by atoms with E-state index in [4.69, 9.17) is 0 Å². The van der Waals surface area contributed by atoms with Crippen LogP contribution in [0.15, 0.2) is 66.9 Å². The summed E-state index contributed by atoms with van der Waals surface area (Å²) in [5.74, 6) is -0.105. The van der Waals surface area contributed by atoms with Crippen LogP contribution in [-0.4, -0.2) is 45.4 Å². The molecule has 0 spiro atoms. The van der Waals surface area contributed by atoms with E-state index in [1.165, 1.54) is 0 Å². The van der Waals surface area contributed by atoms with Crippen molar-refractivity contribution in [3.05, 3.63) is 72.4 Å². The van der Waals surface area contributed by atoms with Gasteiger partial charge in [-0.05, 0) is 25.5 Å². The van der Waals surface area contributed by atoms with Gasteiger partial charge in [0.25, 0.3) is 5.91 Å². The normalized spacial score (nSPS) is 12.0. The first-order valence-electron chi connectivity index (χ1n) is 8.70. The molecule has 0 fully saturated rings. The van der Waals surface area contributed by atoms with Crippen molar-refractivity contribution < 1.29 is 9.90 Å². The number of carbonyl (C=O) groups is 1. The lowest BCUT2D eigenvalue weighted by atomic mass is 10.1. The molecule has 1 heterocycles. The van der Waals surface area contributed by atoms with E-state index in [1.54, 1.807) is 29.7 Å². The van der Waals surface area contributed by atoms with Crippen molar-refractivity contribution in [2.24, 2.45) is 0 Å². The fraction of sp³-hybridized carbons (Fsp3) is 0.238. The zero-order valence-corrected chi connectivity index (χ0v) is 15.0. The van der Waals surface area contributed by atoms with Crippen LogP contribution in [0.2, 0.25) is 0 Å². The highest BCUT2D eigenvalue weighted by Gasteiger charge is 2.21. The summed E-state index contributed by atoms with van der Waals surface area (Å²) in [5.41, 5.74) is 3.00. The molecule has 5 heteroatoms. The average molecular weight is 349 g/mol. The number of carbonyl (C=O) groups excluding carboxylic acids is 1. The van der Waals surface area contributed by atoms with Crippen LogP contribution in [0.3, 0.4) is 0 Å². The Morgan fingerprint density at radius 2 is 1.73 bits per heavy atom. The second-order valence-electron chi connectivity index (χ2n) is 6.40. The standard InChI is InChI=1S/C21H23N3O2/c1-16(25)13-14-23(2)21(26)19-15-24(18-11-7-4-8-12-18)22-20(19)17-9-5-3-6-10-17/h3-12,15-16,25H,13-14H2,1-2H3. The van der Waals surface area contributed by atoms with Gasteiger partial charge in [0.05, 0.1) is 17.4 Å². The lowest BCUT2D eigenvalue weighted by molar-refractivity contribution is 0.0769. The van der Waals surface area contributed by atoms with Gasteiger partial charge in [-0.2, -0.15) is 5.10 Å². The topological polar surface area (TPSA) is 58.4 Å². The first kappa shape index (κ1) is 17.9. The van der Waals surface area contributed by atoms with Crippen LogP contribution in [0.25, 0.3) is 16.9 Å². The minimum absolute atomic E-state index is 0.105. The maximum atomic E-state index is 13.0. The van der Waals surface area contributed by atoms with Crippen molar-refractivity contribution >= 4 is 5.91 Å². The summed E-state index contributed by atoms with van der Waals surface area (Å²) in [6, 6.07) is 19.4. The highest BCUT2D eigenvalue weighted by molar-refractivity contribution is 5.99. The Bertz CT molecular complexity index is 857. The summed E-state index contributed by atoms with van der Waals surface area (Å²) in [7, 11) is 1.75. The number of benzene rings is 2. The van der Waals surface area contributed by atoms with Gasteiger partial charge < -0.3 is 10.0 Å². The summed E-state index contributed by atoms with van der Waals surface area (Å²) in [4.78, 5) is 14.6. The molecular formula is C21H23N3O2. The Kier molecular flexibility index (Phi) is 5.49. The molecule has 2 aromatic carbocycles. The van der Waals surface area contributed by atoms with E-state index >= 15 is 0 Å². The Balaban J connectivity index is 1.99. The van der Waals surface area contributed by atoms with E-state index in [9.17, 15) is 9.90 Å². The fourth-order valence-corrected chi connectivity index (χ4v) is 2.74. The number of aliphatic hydroxyl groups is 1. The van der Waals surface area contributed by atoms with Crippen LogP contribution in [0.1, 0.15) is 23.7 Å². The zero-order chi connectivity index (χ0) is 18.5. The monoisotopic (exact) mass is 349 g/mol. The van der Waals surface area contributed by atoms with Gasteiger partial charge in [-0.25, -0.2) is 4.68 Å². The third kappa shape index (κ3) is 4.00. The number of aliphatic hydroxyl groups excluding tert-OH is 1. The first-order chi connectivity index (χ1) is 12.6. The Labute approximate surface area is 153 Å². The van der Waals surface area contributed by atoms with E-state index < -0.39 is 6.10 Å². The largest absolute Gasteiger partial charge is 0.393 e. The number of para-hydroxylation sites is 1. The molecule has 0 saturated carbocycles. The molecule has 0 bridgehead atoms. The predicted molar refractivity (Wildman–Crippen MR) is 102 cm³/mol. The number of aromatic nitrogens is 2. The maximum Gasteiger partial charge on any atom is 0.257 e. The quantitative estimate of drug-likeness (QED) is 0.742. The number of nitrogens with zero attached hydrogens (tertiary/aromatic N) is 3. The van der Waals surface area contributed by atoms with E-state index in [2.05, 4.69) is 5.10 Å². The van der Waals surface area contributed by atoms with Crippen LogP contribution in [-0.2, 0) is 0 Å². The molecule has 1 unspecified atom stereocenters. The van der Waals surface area contributed by atoms with Gasteiger partial charge in [0, 0.05) is 25.4 Å². The van der Waals surface area contributed by atoms with Crippen molar-refractivity contribution in [2.75, 3.05) is 13.6 Å². The highest BCUT2D eigenvalue weighted by atomic mass is 16.3. The fourth-order valence-electron chi connectivity index (χ4n) is 2.74. The van der Waals surface area contributed by atoms with Crippen molar-refractivity contribution in [3.8, 4) is 16.9 Å². The highest BCUT2D eigenvalue weighted by Crippen LogP contribution is 2.24. The minimum Gasteiger partial charge on any atom is -0.393 e. The van der Waals surface area contributed by atoms with Crippen LogP contribution in [0.4, 0.5) is 0 Å².